The van der Waals surface area contributed by atoms with Gasteiger partial charge in [-0.3, -0.25) is 9.59 Å². The quantitative estimate of drug-likeness (QED) is 0.540. The number of likely N-dealkylation sites (N-methyl/N-ethyl adjacent to an activating group) is 1. The van der Waals surface area contributed by atoms with E-state index in [9.17, 15) is 9.59 Å². The molecule has 8 heteroatoms. The van der Waals surface area contributed by atoms with Crippen LogP contribution in [-0.2, 0) is 4.79 Å². The van der Waals surface area contributed by atoms with Gasteiger partial charge >= 0.3 is 0 Å². The molecule has 2 aromatic carbocycles. The lowest BCUT2D eigenvalue weighted by molar-refractivity contribution is -0.134. The first-order valence-corrected chi connectivity index (χ1v) is 12.6. The number of piperazine rings is 1. The Morgan fingerprint density at radius 2 is 1.63 bits per heavy atom. The Morgan fingerprint density at radius 3 is 2.26 bits per heavy atom. The van der Waals surface area contributed by atoms with Crippen LogP contribution in [0.25, 0.3) is 0 Å². The van der Waals surface area contributed by atoms with Gasteiger partial charge in [0, 0.05) is 49.4 Å². The maximum atomic E-state index is 14.2. The van der Waals surface area contributed by atoms with Gasteiger partial charge in [0.1, 0.15) is 0 Å². The zero-order valence-electron chi connectivity index (χ0n) is 20.1. The molecule has 2 atom stereocenters. The van der Waals surface area contributed by atoms with Crippen molar-refractivity contribution in [2.24, 2.45) is 0 Å². The Labute approximate surface area is 209 Å². The van der Waals surface area contributed by atoms with Crippen LogP contribution in [0.5, 0.6) is 11.5 Å². The van der Waals surface area contributed by atoms with Crippen molar-refractivity contribution >= 4 is 28.8 Å². The van der Waals surface area contributed by atoms with Crippen LogP contribution in [0, 0.1) is 0 Å². The van der Waals surface area contributed by atoms with Crippen molar-refractivity contribution in [2.75, 3.05) is 52.3 Å². The molecule has 1 saturated heterocycles. The van der Waals surface area contributed by atoms with E-state index in [0.29, 0.717) is 35.7 Å². The number of nitrogens with zero attached hydrogens (tertiary/aromatic N) is 3. The molecule has 7 nitrogen and oxygen atoms in total. The second-order valence-electron chi connectivity index (χ2n) is 8.80. The number of benzene rings is 2. The van der Waals surface area contributed by atoms with Gasteiger partial charge in [-0.05, 0) is 41.3 Å². The minimum absolute atomic E-state index is 0.0314. The highest BCUT2D eigenvalue weighted by Gasteiger charge is 2.45. The van der Waals surface area contributed by atoms with Gasteiger partial charge in [0.2, 0.25) is 5.91 Å². The fourth-order valence-electron chi connectivity index (χ4n) is 5.15. The predicted octanol–water partition coefficient (Wildman–Crippen LogP) is 4.02. The molecule has 2 aliphatic heterocycles. The van der Waals surface area contributed by atoms with Crippen LogP contribution in [-0.4, -0.2) is 69.1 Å². The number of fused-ring (bicyclic) bond motifs is 1. The van der Waals surface area contributed by atoms with Gasteiger partial charge in [-0.25, -0.2) is 0 Å². The van der Waals surface area contributed by atoms with Gasteiger partial charge in [0.15, 0.2) is 11.5 Å². The second kappa shape index (κ2) is 9.62. The highest BCUT2D eigenvalue weighted by atomic mass is 32.1. The minimum Gasteiger partial charge on any atom is -0.493 e. The zero-order valence-corrected chi connectivity index (χ0v) is 21.0. The standard InChI is InChI=1S/C27H29N3O4S/c1-28-25(23-10-7-15-35-23)24(19-16-21(33-2)22(34-3)17-20(19)26(28)31)27(32)30-13-11-29(12-14-30)18-8-5-4-6-9-18/h4-10,15-17,24-25H,11-14H2,1-3H3/t24-,25+/m0/s1. The van der Waals surface area contributed by atoms with Crippen molar-refractivity contribution in [1.82, 2.24) is 9.80 Å². The molecule has 0 aliphatic carbocycles. The molecule has 3 heterocycles. The third-order valence-electron chi connectivity index (χ3n) is 6.99. The molecule has 1 fully saturated rings. The van der Waals surface area contributed by atoms with Crippen LogP contribution in [0.1, 0.15) is 32.8 Å². The molecule has 0 saturated carbocycles. The van der Waals surface area contributed by atoms with Gasteiger partial charge in [-0.2, -0.15) is 0 Å². The first-order valence-electron chi connectivity index (χ1n) is 11.7. The topological polar surface area (TPSA) is 62.3 Å². The first-order chi connectivity index (χ1) is 17.0. The molecule has 3 aromatic rings. The van der Waals surface area contributed by atoms with Crippen LogP contribution in [0.4, 0.5) is 5.69 Å². The van der Waals surface area contributed by atoms with Crippen LogP contribution in [0.3, 0.4) is 0 Å². The second-order valence-corrected chi connectivity index (χ2v) is 9.78. The molecule has 182 valence electrons. The normalized spacial score (nSPS) is 20.0. The summed E-state index contributed by atoms with van der Waals surface area (Å²) in [6, 6.07) is 17.4. The molecule has 2 aliphatic rings. The summed E-state index contributed by atoms with van der Waals surface area (Å²) in [4.78, 5) is 34.5. The number of hydrogen-bond donors (Lipinski definition) is 0. The smallest absolute Gasteiger partial charge is 0.254 e. The van der Waals surface area contributed by atoms with Gasteiger partial charge in [0.05, 0.1) is 26.2 Å². The lowest BCUT2D eigenvalue weighted by atomic mass is 9.81. The largest absolute Gasteiger partial charge is 0.493 e. The summed E-state index contributed by atoms with van der Waals surface area (Å²) in [6.45, 7) is 2.78. The number of anilines is 1. The summed E-state index contributed by atoms with van der Waals surface area (Å²) in [7, 11) is 4.89. The van der Waals surface area contributed by atoms with E-state index in [-0.39, 0.29) is 17.9 Å². The molecule has 1 aromatic heterocycles. The third kappa shape index (κ3) is 4.12. The molecule has 0 N–H and O–H groups in total. The van der Waals surface area contributed by atoms with E-state index >= 15 is 0 Å². The van der Waals surface area contributed by atoms with Gasteiger partial charge < -0.3 is 24.2 Å². The average molecular weight is 492 g/mol. The van der Waals surface area contributed by atoms with E-state index in [1.54, 1.807) is 43.6 Å². The summed E-state index contributed by atoms with van der Waals surface area (Å²) >= 11 is 1.56. The molecular formula is C27H29N3O4S. The van der Waals surface area contributed by atoms with Crippen molar-refractivity contribution in [3.63, 3.8) is 0 Å². The number of methoxy groups -OCH3 is 2. The lowest BCUT2D eigenvalue weighted by Gasteiger charge is -2.43. The number of ether oxygens (including phenoxy) is 2. The average Bonchev–Trinajstić information content (AvgIpc) is 3.44. The Morgan fingerprint density at radius 1 is 0.943 bits per heavy atom. The van der Waals surface area contributed by atoms with Gasteiger partial charge in [-0.1, -0.05) is 24.3 Å². The van der Waals surface area contributed by atoms with Gasteiger partial charge in [-0.15, -0.1) is 11.3 Å². The maximum absolute atomic E-state index is 14.2. The number of carbonyl (C=O) groups excluding carboxylic acids is 2. The molecule has 0 unspecified atom stereocenters. The van der Waals surface area contributed by atoms with Crippen LogP contribution >= 0.6 is 11.3 Å². The summed E-state index contributed by atoms with van der Waals surface area (Å²) in [5.41, 5.74) is 2.35. The number of hydrogen-bond acceptors (Lipinski definition) is 6. The summed E-state index contributed by atoms with van der Waals surface area (Å²) < 4.78 is 11.0. The van der Waals surface area contributed by atoms with Crippen molar-refractivity contribution in [2.45, 2.75) is 12.0 Å². The van der Waals surface area contributed by atoms with E-state index in [4.69, 9.17) is 9.47 Å². The van der Waals surface area contributed by atoms with Crippen molar-refractivity contribution in [1.29, 1.82) is 0 Å². The molecule has 0 radical (unpaired) electrons. The fourth-order valence-corrected chi connectivity index (χ4v) is 6.06. The summed E-state index contributed by atoms with van der Waals surface area (Å²) in [6.07, 6.45) is 0. The monoisotopic (exact) mass is 491 g/mol. The Balaban J connectivity index is 1.51. The number of amides is 2. The highest BCUT2D eigenvalue weighted by Crippen LogP contribution is 2.47. The predicted molar refractivity (Wildman–Crippen MR) is 137 cm³/mol. The van der Waals surface area contributed by atoms with E-state index in [2.05, 4.69) is 17.0 Å². The zero-order chi connectivity index (χ0) is 24.5. The maximum Gasteiger partial charge on any atom is 0.254 e. The Bertz CT molecular complexity index is 1210. The highest BCUT2D eigenvalue weighted by molar-refractivity contribution is 7.10. The fraction of sp³-hybridized carbons (Fsp3) is 0.333. The third-order valence-corrected chi connectivity index (χ3v) is 7.93. The van der Waals surface area contributed by atoms with E-state index < -0.39 is 5.92 Å². The van der Waals surface area contributed by atoms with Crippen molar-refractivity contribution in [3.8, 4) is 11.5 Å². The van der Waals surface area contributed by atoms with Crippen LogP contribution in [0.15, 0.2) is 60.0 Å². The first kappa shape index (κ1) is 23.2. The van der Waals surface area contributed by atoms with E-state index in [1.807, 2.05) is 46.7 Å². The van der Waals surface area contributed by atoms with E-state index in [1.165, 1.54) is 5.69 Å². The van der Waals surface area contributed by atoms with Crippen LogP contribution in [0.2, 0.25) is 0 Å². The molecule has 0 spiro atoms. The Kier molecular flexibility index (Phi) is 6.38. The number of rotatable bonds is 5. The molecule has 35 heavy (non-hydrogen) atoms. The van der Waals surface area contributed by atoms with Crippen molar-refractivity contribution in [3.05, 3.63) is 76.0 Å². The lowest BCUT2D eigenvalue weighted by Crippen LogP contribution is -2.53. The summed E-state index contributed by atoms with van der Waals surface area (Å²) in [5, 5.41) is 1.98. The summed E-state index contributed by atoms with van der Waals surface area (Å²) in [5.74, 6) is 0.362. The SMILES string of the molecule is COc1cc2c(cc1OC)[C@H](C(=O)N1CCN(c3ccccc3)CC1)[C@@H](c1cccs1)N(C)C2=O. The molecule has 2 amide bonds. The molecule has 0 bridgehead atoms. The number of thiophene rings is 1. The van der Waals surface area contributed by atoms with Gasteiger partial charge in [0.25, 0.3) is 5.91 Å². The Hall–Kier alpha value is -3.52. The number of para-hydroxylation sites is 1. The van der Waals surface area contributed by atoms with Crippen molar-refractivity contribution < 1.29 is 19.1 Å². The van der Waals surface area contributed by atoms with Crippen LogP contribution < -0.4 is 14.4 Å². The molecular weight excluding hydrogens is 462 g/mol. The molecule has 5 rings (SSSR count). The van der Waals surface area contributed by atoms with E-state index in [0.717, 1.165) is 18.0 Å². The number of carbonyl (C=O) groups is 2. The minimum atomic E-state index is -0.533.